The van der Waals surface area contributed by atoms with Gasteiger partial charge in [0.1, 0.15) is 0 Å². The van der Waals surface area contributed by atoms with Crippen LogP contribution in [0.2, 0.25) is 0 Å². The van der Waals surface area contributed by atoms with Crippen molar-refractivity contribution >= 4 is 0 Å². The summed E-state index contributed by atoms with van der Waals surface area (Å²) in [5.41, 5.74) is 0. The van der Waals surface area contributed by atoms with Gasteiger partial charge in [-0.05, 0) is 0 Å². The predicted octanol–water partition coefficient (Wildman–Crippen LogP) is 1.76. The smallest absolute Gasteiger partial charge is 0 e. The van der Waals surface area contributed by atoms with E-state index in [1.807, 2.05) is 0 Å². The molecular formula is C8H15NY-2. The first-order valence-corrected chi connectivity index (χ1v) is 3.77. The largest absolute Gasteiger partial charge is 0.475 e. The summed E-state index contributed by atoms with van der Waals surface area (Å²) in [6.45, 7) is 1.07. The van der Waals surface area contributed by atoms with Crippen molar-refractivity contribution in [2.45, 2.75) is 25.7 Å². The van der Waals surface area contributed by atoms with E-state index in [0.717, 1.165) is 12.5 Å². The van der Waals surface area contributed by atoms with Gasteiger partial charge in [-0.25, -0.2) is 0 Å². The van der Waals surface area contributed by atoms with Gasteiger partial charge in [0.15, 0.2) is 0 Å². The minimum absolute atomic E-state index is 0. The van der Waals surface area contributed by atoms with Crippen molar-refractivity contribution in [2.75, 3.05) is 6.54 Å². The second-order valence-corrected chi connectivity index (χ2v) is 2.73. The van der Waals surface area contributed by atoms with Crippen LogP contribution in [0, 0.1) is 19.4 Å². The maximum absolute atomic E-state index is 3.61. The van der Waals surface area contributed by atoms with E-state index in [-0.39, 0.29) is 32.7 Å². The van der Waals surface area contributed by atoms with E-state index in [4.69, 9.17) is 0 Å². The molecule has 0 amide bonds. The fourth-order valence-electron chi connectivity index (χ4n) is 1.39. The molecule has 1 fully saturated rings. The fraction of sp³-hybridized carbons (Fsp3) is 0.750. The first-order chi connectivity index (χ1) is 4.43. The molecule has 1 unspecified atom stereocenters. The molecule has 57 valence electrons. The Labute approximate surface area is 89.2 Å². The summed E-state index contributed by atoms with van der Waals surface area (Å²) in [5, 5.41) is 2.96. The van der Waals surface area contributed by atoms with Crippen molar-refractivity contribution in [3.63, 3.8) is 0 Å². The zero-order valence-electron chi connectivity index (χ0n) is 6.47. The Bertz CT molecular complexity index is 66.9. The van der Waals surface area contributed by atoms with Gasteiger partial charge in [0.05, 0.1) is 0 Å². The molecule has 0 saturated heterocycles. The number of nitrogens with one attached hydrogen (secondary N) is 1. The molecule has 1 aliphatic rings. The van der Waals surface area contributed by atoms with Crippen LogP contribution in [0.5, 0.6) is 0 Å². The molecule has 1 aliphatic carbocycles. The molecule has 1 atom stereocenters. The molecule has 1 radical (unpaired) electrons. The first kappa shape index (κ1) is 11.1. The van der Waals surface area contributed by atoms with Crippen LogP contribution in [-0.4, -0.2) is 6.54 Å². The zero-order valence-corrected chi connectivity index (χ0v) is 9.31. The third-order valence-corrected chi connectivity index (χ3v) is 1.94. The van der Waals surface area contributed by atoms with E-state index in [1.54, 1.807) is 0 Å². The summed E-state index contributed by atoms with van der Waals surface area (Å²) >= 11 is 0. The summed E-state index contributed by atoms with van der Waals surface area (Å²) in [6, 6.07) is 0. The molecule has 1 nitrogen and oxygen atoms in total. The Morgan fingerprint density at radius 2 is 2.30 bits per heavy atom. The maximum Gasteiger partial charge on any atom is 0 e. The molecule has 0 bridgehead atoms. The summed E-state index contributed by atoms with van der Waals surface area (Å²) in [6.07, 6.45) is 7.90. The van der Waals surface area contributed by atoms with Crippen molar-refractivity contribution in [1.82, 2.24) is 5.32 Å². The van der Waals surface area contributed by atoms with E-state index >= 15 is 0 Å². The SMILES string of the molecule is [CH2-]NCC1[CH-]CCCC1.[Y]. The van der Waals surface area contributed by atoms with Crippen LogP contribution < -0.4 is 5.32 Å². The third-order valence-electron chi connectivity index (χ3n) is 1.94. The minimum atomic E-state index is 0. The van der Waals surface area contributed by atoms with Gasteiger partial charge in [0.25, 0.3) is 0 Å². The molecule has 2 heteroatoms. The first-order valence-electron chi connectivity index (χ1n) is 3.77. The Kier molecular flexibility index (Phi) is 7.47. The van der Waals surface area contributed by atoms with Gasteiger partial charge in [0.2, 0.25) is 0 Å². The monoisotopic (exact) mass is 214 g/mol. The van der Waals surface area contributed by atoms with Gasteiger partial charge in [-0.1, -0.05) is 25.8 Å². The normalized spacial score (nSPS) is 25.5. The minimum Gasteiger partial charge on any atom is -0.475 e. The van der Waals surface area contributed by atoms with Gasteiger partial charge in [-0.15, -0.1) is 0 Å². The van der Waals surface area contributed by atoms with Crippen molar-refractivity contribution < 1.29 is 32.7 Å². The van der Waals surface area contributed by atoms with Gasteiger partial charge in [-0.3, -0.25) is 7.05 Å². The van der Waals surface area contributed by atoms with E-state index in [0.29, 0.717) is 0 Å². The van der Waals surface area contributed by atoms with Gasteiger partial charge in [0, 0.05) is 32.7 Å². The van der Waals surface area contributed by atoms with Crippen molar-refractivity contribution in [3.05, 3.63) is 13.5 Å². The molecule has 1 N–H and O–H groups in total. The average molecular weight is 214 g/mol. The molecule has 1 saturated carbocycles. The molecule has 0 aromatic carbocycles. The molecule has 0 spiro atoms. The zero-order chi connectivity index (χ0) is 6.53. The fourth-order valence-corrected chi connectivity index (χ4v) is 1.39. The molecule has 1 rings (SSSR count). The Morgan fingerprint density at radius 1 is 1.50 bits per heavy atom. The van der Waals surface area contributed by atoms with Crippen LogP contribution in [0.4, 0.5) is 0 Å². The van der Waals surface area contributed by atoms with Crippen LogP contribution in [0.25, 0.3) is 0 Å². The number of hydrogen-bond acceptors (Lipinski definition) is 1. The van der Waals surface area contributed by atoms with Crippen LogP contribution in [-0.2, 0) is 32.7 Å². The molecular weight excluding hydrogens is 199 g/mol. The molecule has 10 heavy (non-hydrogen) atoms. The van der Waals surface area contributed by atoms with Crippen LogP contribution in [0.15, 0.2) is 0 Å². The molecule has 0 aliphatic heterocycles. The third kappa shape index (κ3) is 4.05. The molecule has 0 heterocycles. The standard InChI is InChI=1S/C8H15N.Y/c1-9-7-8-5-3-2-4-6-8;/h5,8-9H,1-4,6-7H2;/q-2;. The van der Waals surface area contributed by atoms with Gasteiger partial charge in [-0.2, -0.15) is 12.3 Å². The van der Waals surface area contributed by atoms with Gasteiger partial charge < -0.3 is 11.7 Å². The second kappa shape index (κ2) is 6.75. The van der Waals surface area contributed by atoms with Crippen molar-refractivity contribution in [2.24, 2.45) is 5.92 Å². The summed E-state index contributed by atoms with van der Waals surface area (Å²) in [7, 11) is 3.61. The van der Waals surface area contributed by atoms with Crippen LogP contribution in [0.3, 0.4) is 0 Å². The quantitative estimate of drug-likeness (QED) is 0.690. The molecule has 0 aromatic rings. The van der Waals surface area contributed by atoms with E-state index < -0.39 is 0 Å². The van der Waals surface area contributed by atoms with Crippen molar-refractivity contribution in [1.29, 1.82) is 0 Å². The van der Waals surface area contributed by atoms with E-state index in [9.17, 15) is 0 Å². The average Bonchev–Trinajstić information content (AvgIpc) is 1.91. The van der Waals surface area contributed by atoms with E-state index in [2.05, 4.69) is 18.8 Å². The summed E-state index contributed by atoms with van der Waals surface area (Å²) in [4.78, 5) is 0. The Hall–Kier alpha value is 1.06. The molecule has 0 aromatic heterocycles. The van der Waals surface area contributed by atoms with Gasteiger partial charge >= 0.3 is 0 Å². The maximum atomic E-state index is 3.61. The van der Waals surface area contributed by atoms with Crippen molar-refractivity contribution in [3.8, 4) is 0 Å². The Balaban J connectivity index is 0.000000810. The second-order valence-electron chi connectivity index (χ2n) is 2.73. The topological polar surface area (TPSA) is 12.0 Å². The van der Waals surface area contributed by atoms with Crippen LogP contribution in [0.1, 0.15) is 25.7 Å². The number of rotatable bonds is 2. The summed E-state index contributed by atoms with van der Waals surface area (Å²) < 4.78 is 0. The number of hydrogen-bond donors (Lipinski definition) is 1. The van der Waals surface area contributed by atoms with E-state index in [1.165, 1.54) is 25.7 Å². The summed E-state index contributed by atoms with van der Waals surface area (Å²) in [5.74, 6) is 0.802. The Morgan fingerprint density at radius 3 is 2.80 bits per heavy atom. The van der Waals surface area contributed by atoms with Crippen LogP contribution >= 0.6 is 0 Å². The predicted molar refractivity (Wildman–Crippen MR) is 39.6 cm³/mol.